The lowest BCUT2D eigenvalue weighted by Gasteiger charge is -2.36. The third kappa shape index (κ3) is 4.12. The van der Waals surface area contributed by atoms with Crippen molar-refractivity contribution in [2.75, 3.05) is 13.7 Å². The molecule has 1 unspecified atom stereocenters. The van der Waals surface area contributed by atoms with Gasteiger partial charge in [0.2, 0.25) is 0 Å². The van der Waals surface area contributed by atoms with Gasteiger partial charge < -0.3 is 13.8 Å². The molecule has 1 heterocycles. The molecular weight excluding hydrogens is 350 g/mol. The third-order valence-electron chi connectivity index (χ3n) is 4.48. The molecule has 1 aliphatic heterocycles. The molecule has 1 atom stereocenters. The van der Waals surface area contributed by atoms with Gasteiger partial charge in [-0.1, -0.05) is 32.0 Å². The molecule has 0 radical (unpaired) electrons. The molecule has 26 heavy (non-hydrogen) atoms. The number of methoxy groups -OCH3 is 1. The minimum atomic E-state index is -0.432. The van der Waals surface area contributed by atoms with E-state index in [1.54, 1.807) is 0 Å². The van der Waals surface area contributed by atoms with E-state index in [0.29, 0.717) is 17.7 Å². The predicted octanol–water partition coefficient (Wildman–Crippen LogP) is 4.32. The van der Waals surface area contributed by atoms with Crippen LogP contribution in [0.3, 0.4) is 0 Å². The second-order valence-corrected chi connectivity index (χ2v) is 6.93. The molecule has 0 aliphatic carbocycles. The minimum absolute atomic E-state index is 0.389. The van der Waals surface area contributed by atoms with Gasteiger partial charge in [0.25, 0.3) is 0 Å². The van der Waals surface area contributed by atoms with Crippen LogP contribution in [0.15, 0.2) is 57.8 Å². The van der Waals surface area contributed by atoms with Crippen LogP contribution in [0.5, 0.6) is 0 Å². The number of rotatable bonds is 6. The maximum absolute atomic E-state index is 12.8. The molecule has 2 rings (SSSR count). The first-order chi connectivity index (χ1) is 12.4. The van der Waals surface area contributed by atoms with Crippen molar-refractivity contribution in [3.8, 4) is 0 Å². The van der Waals surface area contributed by atoms with Crippen LogP contribution in [0.4, 0.5) is 0 Å². The number of hydrogen-bond donors (Lipinski definition) is 0. The summed E-state index contributed by atoms with van der Waals surface area (Å²) >= 11 is 1.02. The van der Waals surface area contributed by atoms with Crippen LogP contribution in [0.25, 0.3) is 0 Å². The molecule has 0 saturated heterocycles. The van der Waals surface area contributed by atoms with Gasteiger partial charge in [-0.05, 0) is 32.4 Å². The van der Waals surface area contributed by atoms with Gasteiger partial charge in [-0.3, -0.25) is 0 Å². The Morgan fingerprint density at radius 3 is 2.19 bits per heavy atom. The van der Waals surface area contributed by atoms with E-state index in [1.807, 2.05) is 56.0 Å². The number of carbonyl (C=O) groups is 2. The standard InChI is InChI=1S/C20H25NO4S/c1-6-12-21-14(3)17(19(22)24-5)13(2)18(15(21)4)20(23)25-26-16-10-8-7-9-11-16/h7-11,13H,6,12H2,1-5H3. The second kappa shape index (κ2) is 8.94. The molecule has 0 spiro atoms. The zero-order valence-electron chi connectivity index (χ0n) is 15.9. The largest absolute Gasteiger partial charge is 0.466 e. The molecule has 0 saturated carbocycles. The highest BCUT2D eigenvalue weighted by Crippen LogP contribution is 2.37. The summed E-state index contributed by atoms with van der Waals surface area (Å²) in [6, 6.07) is 9.41. The number of ether oxygens (including phenoxy) is 1. The second-order valence-electron chi connectivity index (χ2n) is 6.13. The van der Waals surface area contributed by atoms with Crippen molar-refractivity contribution >= 4 is 24.0 Å². The Kier molecular flexibility index (Phi) is 6.91. The molecule has 5 nitrogen and oxygen atoms in total. The number of allylic oxidation sites excluding steroid dienone is 2. The maximum Gasteiger partial charge on any atom is 0.348 e. The normalized spacial score (nSPS) is 17.4. The monoisotopic (exact) mass is 375 g/mol. The quantitative estimate of drug-likeness (QED) is 0.545. The van der Waals surface area contributed by atoms with E-state index in [2.05, 4.69) is 6.92 Å². The van der Waals surface area contributed by atoms with Crippen molar-refractivity contribution in [2.45, 2.75) is 39.0 Å². The van der Waals surface area contributed by atoms with Gasteiger partial charge in [0.1, 0.15) is 0 Å². The fourth-order valence-corrected chi connectivity index (χ4v) is 3.77. The summed E-state index contributed by atoms with van der Waals surface area (Å²) in [7, 11) is 1.36. The van der Waals surface area contributed by atoms with Crippen LogP contribution in [0.2, 0.25) is 0 Å². The van der Waals surface area contributed by atoms with Crippen molar-refractivity contribution in [1.29, 1.82) is 0 Å². The van der Waals surface area contributed by atoms with Gasteiger partial charge in [0.15, 0.2) is 0 Å². The van der Waals surface area contributed by atoms with Gasteiger partial charge in [0.05, 0.1) is 30.3 Å². The average molecular weight is 375 g/mol. The van der Waals surface area contributed by atoms with Crippen LogP contribution < -0.4 is 0 Å². The van der Waals surface area contributed by atoms with E-state index in [4.69, 9.17) is 8.92 Å². The Balaban J connectivity index is 2.31. The third-order valence-corrected chi connectivity index (χ3v) is 5.18. The summed E-state index contributed by atoms with van der Waals surface area (Å²) in [5.74, 6) is -1.23. The van der Waals surface area contributed by atoms with Crippen molar-refractivity contribution < 1.29 is 18.5 Å². The highest BCUT2D eigenvalue weighted by atomic mass is 32.2. The van der Waals surface area contributed by atoms with Crippen LogP contribution in [0, 0.1) is 5.92 Å². The Morgan fingerprint density at radius 1 is 1.08 bits per heavy atom. The molecule has 0 bridgehead atoms. The molecule has 1 aromatic carbocycles. The highest BCUT2D eigenvalue weighted by molar-refractivity contribution is 7.95. The Hall–Kier alpha value is -2.21. The molecule has 0 fully saturated rings. The van der Waals surface area contributed by atoms with Crippen molar-refractivity contribution in [2.24, 2.45) is 5.92 Å². The van der Waals surface area contributed by atoms with E-state index in [1.165, 1.54) is 7.11 Å². The van der Waals surface area contributed by atoms with Gasteiger partial charge in [-0.25, -0.2) is 9.59 Å². The van der Waals surface area contributed by atoms with E-state index in [-0.39, 0.29) is 5.92 Å². The lowest BCUT2D eigenvalue weighted by Crippen LogP contribution is -2.35. The zero-order valence-corrected chi connectivity index (χ0v) is 16.7. The highest BCUT2D eigenvalue weighted by Gasteiger charge is 2.36. The van der Waals surface area contributed by atoms with Crippen LogP contribution in [-0.4, -0.2) is 30.5 Å². The van der Waals surface area contributed by atoms with Crippen LogP contribution in [0.1, 0.15) is 34.1 Å². The molecule has 0 amide bonds. The fourth-order valence-electron chi connectivity index (χ4n) is 3.24. The van der Waals surface area contributed by atoms with E-state index < -0.39 is 11.9 Å². The van der Waals surface area contributed by atoms with Gasteiger partial charge in [0, 0.05) is 28.8 Å². The average Bonchev–Trinajstić information content (AvgIpc) is 2.64. The van der Waals surface area contributed by atoms with E-state index in [9.17, 15) is 9.59 Å². The number of nitrogens with zero attached hydrogens (tertiary/aromatic N) is 1. The molecule has 1 aromatic rings. The van der Waals surface area contributed by atoms with Crippen LogP contribution >= 0.6 is 12.0 Å². The van der Waals surface area contributed by atoms with Crippen molar-refractivity contribution in [3.63, 3.8) is 0 Å². The summed E-state index contributed by atoms with van der Waals surface area (Å²) in [5.41, 5.74) is 2.65. The molecule has 0 aromatic heterocycles. The van der Waals surface area contributed by atoms with Gasteiger partial charge >= 0.3 is 11.9 Å². The summed E-state index contributed by atoms with van der Waals surface area (Å²) in [5, 5.41) is 0. The Labute approximate surface area is 159 Å². The first-order valence-corrected chi connectivity index (χ1v) is 9.37. The van der Waals surface area contributed by atoms with E-state index >= 15 is 0 Å². The SMILES string of the molecule is CCCN1C(C)=C(C(=O)OC)C(C)C(C(=O)OSc2ccccc2)=C1C. The fraction of sp³-hybridized carbons (Fsp3) is 0.400. The van der Waals surface area contributed by atoms with Gasteiger partial charge in [-0.2, -0.15) is 0 Å². The minimum Gasteiger partial charge on any atom is -0.466 e. The molecule has 0 N–H and O–H groups in total. The number of hydrogen-bond acceptors (Lipinski definition) is 6. The molecule has 1 aliphatic rings. The molecule has 140 valence electrons. The Morgan fingerprint density at radius 2 is 1.65 bits per heavy atom. The first kappa shape index (κ1) is 20.1. The predicted molar refractivity (Wildman–Crippen MR) is 102 cm³/mol. The number of carbonyl (C=O) groups excluding carboxylic acids is 2. The maximum atomic E-state index is 12.8. The first-order valence-electron chi connectivity index (χ1n) is 8.63. The summed E-state index contributed by atoms with van der Waals surface area (Å²) in [6.45, 7) is 8.40. The lowest BCUT2D eigenvalue weighted by atomic mass is 9.86. The van der Waals surface area contributed by atoms with Crippen molar-refractivity contribution in [1.82, 2.24) is 4.90 Å². The summed E-state index contributed by atoms with van der Waals surface area (Å²) < 4.78 is 10.4. The zero-order chi connectivity index (χ0) is 19.3. The van der Waals surface area contributed by atoms with Crippen molar-refractivity contribution in [3.05, 3.63) is 52.9 Å². The van der Waals surface area contributed by atoms with Gasteiger partial charge in [-0.15, -0.1) is 0 Å². The molecular formula is C20H25NO4S. The summed E-state index contributed by atoms with van der Waals surface area (Å²) in [4.78, 5) is 27.9. The smallest absolute Gasteiger partial charge is 0.348 e. The van der Waals surface area contributed by atoms with Crippen LogP contribution in [-0.2, 0) is 18.5 Å². The summed E-state index contributed by atoms with van der Waals surface area (Å²) in [6.07, 6.45) is 0.888. The lowest BCUT2D eigenvalue weighted by molar-refractivity contribution is -0.136. The number of benzene rings is 1. The Bertz CT molecular complexity index is 739. The number of esters is 1. The van der Waals surface area contributed by atoms with E-state index in [0.717, 1.165) is 34.8 Å². The molecule has 6 heteroatoms. The topological polar surface area (TPSA) is 55.8 Å².